The smallest absolute Gasteiger partial charge is 0.312 e. The number of rotatable bonds is 1. The van der Waals surface area contributed by atoms with Crippen LogP contribution in [0, 0.1) is 6.92 Å². The molecule has 6 nitrogen and oxygen atoms in total. The zero-order valence-electron chi connectivity index (χ0n) is 10.8. The summed E-state index contributed by atoms with van der Waals surface area (Å²) in [5.41, 5.74) is 0. The summed E-state index contributed by atoms with van der Waals surface area (Å²) in [5.74, 6) is -1.68. The van der Waals surface area contributed by atoms with E-state index in [1.165, 1.54) is 0 Å². The third-order valence-electron chi connectivity index (χ3n) is 3.36. The van der Waals surface area contributed by atoms with Gasteiger partial charge in [0.1, 0.15) is 31.3 Å². The fourth-order valence-corrected chi connectivity index (χ4v) is 2.76. The van der Waals surface area contributed by atoms with E-state index in [0.717, 1.165) is 0 Å². The Morgan fingerprint density at radius 1 is 1.00 bits per heavy atom. The van der Waals surface area contributed by atoms with Crippen molar-refractivity contribution in [2.24, 2.45) is 0 Å². The minimum absolute atomic E-state index is 0.159. The summed E-state index contributed by atoms with van der Waals surface area (Å²) in [6.07, 6.45) is -2.13. The van der Waals surface area contributed by atoms with E-state index >= 15 is 0 Å². The van der Waals surface area contributed by atoms with E-state index in [-0.39, 0.29) is 18.8 Å². The maximum absolute atomic E-state index is 9.38. The lowest BCUT2D eigenvalue weighted by Crippen LogP contribution is -2.56. The molecule has 6 atom stereocenters. The molecule has 3 rings (SSSR count). The first-order chi connectivity index (χ1) is 8.31. The number of aliphatic hydroxyl groups is 1. The quantitative estimate of drug-likeness (QED) is 0.678. The summed E-state index contributed by atoms with van der Waals surface area (Å²) in [4.78, 5) is 0. The van der Waals surface area contributed by atoms with Crippen molar-refractivity contribution in [3.63, 3.8) is 0 Å². The molecule has 3 aliphatic heterocycles. The van der Waals surface area contributed by atoms with Gasteiger partial charge in [-0.3, -0.25) is 0 Å². The van der Waals surface area contributed by atoms with Crippen LogP contribution >= 0.6 is 0 Å². The summed E-state index contributed by atoms with van der Waals surface area (Å²) in [5, 5.41) is 9.38. The van der Waals surface area contributed by atoms with Crippen LogP contribution in [0.5, 0.6) is 0 Å². The standard InChI is InChI=1S/C12H19O6/c1-11(2)15-7-6(5-13)14-10-9(8(7)16-11)17-12(3,4)18-10/h6-10,13H,1,5H2,2-4H3/q+1. The van der Waals surface area contributed by atoms with Gasteiger partial charge >= 0.3 is 5.79 Å². The van der Waals surface area contributed by atoms with Crippen LogP contribution in [0.1, 0.15) is 20.8 Å². The Morgan fingerprint density at radius 2 is 1.67 bits per heavy atom. The molecule has 0 spiro atoms. The highest BCUT2D eigenvalue weighted by molar-refractivity contribution is 5.00. The van der Waals surface area contributed by atoms with E-state index in [9.17, 15) is 5.11 Å². The summed E-state index contributed by atoms with van der Waals surface area (Å²) in [7, 11) is 0. The van der Waals surface area contributed by atoms with Crippen LogP contribution in [-0.2, 0) is 23.7 Å². The number of hydrogen-bond donors (Lipinski definition) is 1. The Morgan fingerprint density at radius 3 is 2.33 bits per heavy atom. The Balaban J connectivity index is 1.86. The molecule has 0 amide bonds. The van der Waals surface area contributed by atoms with Crippen LogP contribution in [0.4, 0.5) is 0 Å². The van der Waals surface area contributed by atoms with E-state index in [4.69, 9.17) is 23.7 Å². The Labute approximate surface area is 106 Å². The first-order valence-corrected chi connectivity index (χ1v) is 6.14. The lowest BCUT2D eigenvalue weighted by Gasteiger charge is -2.35. The van der Waals surface area contributed by atoms with Crippen molar-refractivity contribution in [3.8, 4) is 0 Å². The predicted octanol–water partition coefficient (Wildman–Crippen LogP) is 0.189. The number of hydrogen-bond acceptors (Lipinski definition) is 6. The average Bonchev–Trinajstić information content (AvgIpc) is 2.71. The van der Waals surface area contributed by atoms with Crippen molar-refractivity contribution in [2.75, 3.05) is 6.61 Å². The van der Waals surface area contributed by atoms with Gasteiger partial charge in [0.25, 0.3) is 0 Å². The second kappa shape index (κ2) is 3.82. The molecule has 0 bridgehead atoms. The molecule has 6 unspecified atom stereocenters. The molecule has 102 valence electrons. The van der Waals surface area contributed by atoms with Crippen LogP contribution in [0.25, 0.3) is 0 Å². The van der Waals surface area contributed by atoms with Crippen molar-refractivity contribution >= 4 is 0 Å². The number of fused-ring (bicyclic) bond motifs is 3. The maximum Gasteiger partial charge on any atom is 0.312 e. The molecule has 3 aliphatic rings. The minimum atomic E-state index is -0.947. The van der Waals surface area contributed by atoms with Crippen molar-refractivity contribution in [2.45, 2.75) is 63.1 Å². The molecule has 0 aromatic heterocycles. The number of ether oxygens (including phenoxy) is 5. The Kier molecular flexibility index (Phi) is 2.68. The second-order valence-corrected chi connectivity index (χ2v) is 5.62. The van der Waals surface area contributed by atoms with E-state index in [0.29, 0.717) is 0 Å². The largest absolute Gasteiger partial charge is 0.394 e. The molecule has 3 fully saturated rings. The van der Waals surface area contributed by atoms with Gasteiger partial charge in [-0.1, -0.05) is 0 Å². The average molecular weight is 259 g/mol. The van der Waals surface area contributed by atoms with Gasteiger partial charge in [0.15, 0.2) is 12.1 Å². The van der Waals surface area contributed by atoms with Gasteiger partial charge < -0.3 is 28.8 Å². The van der Waals surface area contributed by atoms with Crippen LogP contribution < -0.4 is 0 Å². The van der Waals surface area contributed by atoms with E-state index in [1.807, 2.05) is 13.8 Å². The van der Waals surface area contributed by atoms with Gasteiger partial charge in [-0.2, -0.15) is 0 Å². The summed E-state index contributed by atoms with van der Waals surface area (Å²) < 4.78 is 28.6. The number of aliphatic hydroxyl groups excluding tert-OH is 1. The summed E-state index contributed by atoms with van der Waals surface area (Å²) in [6.45, 7) is 9.04. The van der Waals surface area contributed by atoms with E-state index in [2.05, 4.69) is 6.92 Å². The molecule has 3 heterocycles. The SMILES string of the molecule is [CH2+]C1(C)OC2C(CO)OC3OC(C)(C)OC3C2O1. The molecule has 0 aliphatic carbocycles. The predicted molar refractivity (Wildman–Crippen MR) is 59.3 cm³/mol. The molecule has 0 radical (unpaired) electrons. The highest BCUT2D eigenvalue weighted by atomic mass is 16.9. The topological polar surface area (TPSA) is 66.4 Å². The van der Waals surface area contributed by atoms with Gasteiger partial charge in [-0.15, -0.1) is 0 Å². The maximum atomic E-state index is 9.38. The van der Waals surface area contributed by atoms with Gasteiger partial charge in [0, 0.05) is 6.92 Å². The third-order valence-corrected chi connectivity index (χ3v) is 3.36. The van der Waals surface area contributed by atoms with Crippen LogP contribution in [0.15, 0.2) is 0 Å². The lowest BCUT2D eigenvalue weighted by molar-refractivity contribution is -0.239. The first-order valence-electron chi connectivity index (χ1n) is 6.14. The molecular weight excluding hydrogens is 240 g/mol. The highest BCUT2D eigenvalue weighted by Gasteiger charge is 2.62. The molecule has 18 heavy (non-hydrogen) atoms. The summed E-state index contributed by atoms with van der Waals surface area (Å²) in [6, 6.07) is 0. The van der Waals surface area contributed by atoms with Crippen molar-refractivity contribution in [1.29, 1.82) is 0 Å². The van der Waals surface area contributed by atoms with E-state index in [1.54, 1.807) is 6.92 Å². The molecule has 1 N–H and O–H groups in total. The molecule has 0 saturated carbocycles. The van der Waals surface area contributed by atoms with Crippen LogP contribution in [-0.4, -0.2) is 54.0 Å². The van der Waals surface area contributed by atoms with E-state index < -0.39 is 30.1 Å². The summed E-state index contributed by atoms with van der Waals surface area (Å²) >= 11 is 0. The Bertz CT molecular complexity index is 341. The van der Waals surface area contributed by atoms with Crippen molar-refractivity contribution in [1.82, 2.24) is 0 Å². The third kappa shape index (κ3) is 1.93. The van der Waals surface area contributed by atoms with Gasteiger partial charge in [-0.25, -0.2) is 0 Å². The van der Waals surface area contributed by atoms with Crippen LogP contribution in [0.2, 0.25) is 0 Å². The van der Waals surface area contributed by atoms with Crippen molar-refractivity contribution < 1.29 is 28.8 Å². The molecule has 0 aromatic carbocycles. The zero-order valence-corrected chi connectivity index (χ0v) is 10.8. The van der Waals surface area contributed by atoms with Gasteiger partial charge in [-0.05, 0) is 13.8 Å². The van der Waals surface area contributed by atoms with Gasteiger partial charge in [0.2, 0.25) is 0 Å². The monoisotopic (exact) mass is 259 g/mol. The lowest BCUT2D eigenvalue weighted by atomic mass is 9.99. The normalized spacial score (nSPS) is 54.1. The molecule has 3 saturated heterocycles. The molecular formula is C12H19O6+. The minimum Gasteiger partial charge on any atom is -0.394 e. The van der Waals surface area contributed by atoms with Crippen LogP contribution in [0.3, 0.4) is 0 Å². The first kappa shape index (κ1) is 12.7. The fourth-order valence-electron chi connectivity index (χ4n) is 2.76. The fraction of sp³-hybridized carbons (Fsp3) is 0.917. The zero-order chi connectivity index (χ0) is 13.1. The molecule has 0 aromatic rings. The molecule has 6 heteroatoms. The van der Waals surface area contributed by atoms with Gasteiger partial charge in [0.05, 0.1) is 6.61 Å². The second-order valence-electron chi connectivity index (χ2n) is 5.62. The highest BCUT2D eigenvalue weighted by Crippen LogP contribution is 2.43. The van der Waals surface area contributed by atoms with Crippen molar-refractivity contribution in [3.05, 3.63) is 6.92 Å². The Hall–Kier alpha value is -0.370.